The molecular formula is C36H44N2O6. The Hall–Kier alpha value is -3.75. The number of allylic oxidation sites excluding steroid dienone is 1. The van der Waals surface area contributed by atoms with Gasteiger partial charge < -0.3 is 24.4 Å². The van der Waals surface area contributed by atoms with Crippen molar-refractivity contribution >= 4 is 23.5 Å². The molecule has 3 aliphatic rings. The number of anilines is 1. The predicted octanol–water partition coefficient (Wildman–Crippen LogP) is 5.22. The molecule has 8 nitrogen and oxygen atoms in total. The number of ether oxygens (including phenoxy) is 2. The Morgan fingerprint density at radius 3 is 2.57 bits per heavy atom. The van der Waals surface area contributed by atoms with Crippen molar-refractivity contribution in [2.75, 3.05) is 24.7 Å². The van der Waals surface area contributed by atoms with Crippen LogP contribution in [0, 0.1) is 25.7 Å². The fourth-order valence-electron chi connectivity index (χ4n) is 7.74. The van der Waals surface area contributed by atoms with E-state index in [1.165, 1.54) is 4.90 Å². The maximum atomic E-state index is 15.0. The van der Waals surface area contributed by atoms with Gasteiger partial charge in [-0.25, -0.2) is 0 Å². The van der Waals surface area contributed by atoms with Gasteiger partial charge in [0, 0.05) is 12.2 Å². The molecule has 6 atom stereocenters. The van der Waals surface area contributed by atoms with Crippen molar-refractivity contribution in [3.8, 4) is 0 Å². The normalized spacial score (nSPS) is 27.6. The predicted molar refractivity (Wildman–Crippen MR) is 169 cm³/mol. The minimum Gasteiger partial charge on any atom is -0.465 e. The van der Waals surface area contributed by atoms with E-state index in [1.807, 2.05) is 69.3 Å². The van der Waals surface area contributed by atoms with Crippen molar-refractivity contribution in [1.29, 1.82) is 0 Å². The van der Waals surface area contributed by atoms with Gasteiger partial charge in [-0.1, -0.05) is 61.5 Å². The van der Waals surface area contributed by atoms with Crippen molar-refractivity contribution in [3.05, 3.63) is 90.5 Å². The van der Waals surface area contributed by atoms with Crippen molar-refractivity contribution in [2.24, 2.45) is 11.8 Å². The number of aliphatic hydroxyl groups excluding tert-OH is 1. The van der Waals surface area contributed by atoms with E-state index in [2.05, 4.69) is 13.2 Å². The first-order valence-electron chi connectivity index (χ1n) is 15.6. The van der Waals surface area contributed by atoms with Gasteiger partial charge in [0.05, 0.1) is 30.8 Å². The molecule has 44 heavy (non-hydrogen) atoms. The van der Waals surface area contributed by atoms with Gasteiger partial charge in [-0.05, 0) is 68.7 Å². The number of aryl methyl sites for hydroxylation is 2. The van der Waals surface area contributed by atoms with E-state index in [4.69, 9.17) is 9.47 Å². The summed E-state index contributed by atoms with van der Waals surface area (Å²) >= 11 is 0. The van der Waals surface area contributed by atoms with Crippen LogP contribution in [0.4, 0.5) is 5.69 Å². The van der Waals surface area contributed by atoms with E-state index in [9.17, 15) is 14.7 Å². The summed E-state index contributed by atoms with van der Waals surface area (Å²) < 4.78 is 12.7. The van der Waals surface area contributed by atoms with Crippen LogP contribution in [0.3, 0.4) is 0 Å². The first-order chi connectivity index (χ1) is 21.2. The number of rotatable bonds is 13. The lowest BCUT2D eigenvalue weighted by molar-refractivity contribution is -0.162. The first kappa shape index (κ1) is 31.7. The van der Waals surface area contributed by atoms with Crippen LogP contribution >= 0.6 is 0 Å². The molecule has 2 unspecified atom stereocenters. The molecule has 2 aromatic rings. The maximum absolute atomic E-state index is 15.0. The first-order valence-corrected chi connectivity index (χ1v) is 15.6. The van der Waals surface area contributed by atoms with Gasteiger partial charge in [0.2, 0.25) is 5.91 Å². The minimum atomic E-state index is -1.26. The molecule has 1 spiro atoms. The number of aliphatic hydroxyl groups is 1. The Morgan fingerprint density at radius 1 is 1.16 bits per heavy atom. The largest absolute Gasteiger partial charge is 0.465 e. The van der Waals surface area contributed by atoms with Gasteiger partial charge in [0.25, 0.3) is 5.91 Å². The molecule has 2 amide bonds. The Labute approximate surface area is 260 Å². The van der Waals surface area contributed by atoms with Crippen LogP contribution in [-0.4, -0.2) is 64.8 Å². The summed E-state index contributed by atoms with van der Waals surface area (Å²) in [5, 5.41) is 10.8. The number of amides is 2. The molecule has 0 saturated carbocycles. The van der Waals surface area contributed by atoms with E-state index in [0.29, 0.717) is 37.7 Å². The second-order valence-corrected chi connectivity index (χ2v) is 12.3. The summed E-state index contributed by atoms with van der Waals surface area (Å²) in [6.45, 7) is 13.5. The van der Waals surface area contributed by atoms with Crippen LogP contribution in [0.2, 0.25) is 0 Å². The fourth-order valence-corrected chi connectivity index (χ4v) is 7.74. The van der Waals surface area contributed by atoms with Crippen molar-refractivity contribution in [1.82, 2.24) is 4.90 Å². The van der Waals surface area contributed by atoms with E-state index >= 15 is 4.79 Å². The summed E-state index contributed by atoms with van der Waals surface area (Å²) in [5.74, 6) is -2.94. The molecule has 0 aromatic heterocycles. The second-order valence-electron chi connectivity index (χ2n) is 12.3. The van der Waals surface area contributed by atoms with E-state index in [0.717, 1.165) is 16.8 Å². The molecule has 3 aliphatic heterocycles. The zero-order valence-corrected chi connectivity index (χ0v) is 26.0. The maximum Gasteiger partial charge on any atom is 0.312 e. The van der Waals surface area contributed by atoms with Crippen LogP contribution in [0.15, 0.2) is 73.8 Å². The number of unbranched alkanes of at least 4 members (excludes halogenated alkanes) is 1. The number of carbonyl (C=O) groups excluding carboxylic acids is 3. The van der Waals surface area contributed by atoms with E-state index in [-0.39, 0.29) is 25.0 Å². The number of carbonyl (C=O) groups is 3. The number of fused-ring (bicyclic) bond motifs is 1. The molecule has 0 radical (unpaired) electrons. The van der Waals surface area contributed by atoms with Crippen LogP contribution in [0.1, 0.15) is 61.8 Å². The highest BCUT2D eigenvalue weighted by Gasteiger charge is 2.79. The van der Waals surface area contributed by atoms with Crippen molar-refractivity contribution in [2.45, 2.75) is 76.2 Å². The molecule has 2 aromatic carbocycles. The van der Waals surface area contributed by atoms with Gasteiger partial charge in [-0.15, -0.1) is 13.2 Å². The third kappa shape index (κ3) is 5.08. The molecule has 3 heterocycles. The average molecular weight is 601 g/mol. The molecule has 234 valence electrons. The second kappa shape index (κ2) is 12.7. The molecule has 5 rings (SSSR count). The topological polar surface area (TPSA) is 96.4 Å². The van der Waals surface area contributed by atoms with Crippen LogP contribution < -0.4 is 4.90 Å². The number of esters is 1. The summed E-state index contributed by atoms with van der Waals surface area (Å²) in [6, 6.07) is 13.2. The van der Waals surface area contributed by atoms with Gasteiger partial charge in [-0.2, -0.15) is 0 Å². The summed E-state index contributed by atoms with van der Waals surface area (Å²) in [5.41, 5.74) is 1.14. The molecule has 3 saturated heterocycles. The number of nitrogens with zero attached hydrogens (tertiary/aromatic N) is 2. The van der Waals surface area contributed by atoms with E-state index < -0.39 is 47.7 Å². The Kier molecular flexibility index (Phi) is 9.14. The van der Waals surface area contributed by atoms with Gasteiger partial charge in [-0.3, -0.25) is 14.4 Å². The van der Waals surface area contributed by atoms with Crippen molar-refractivity contribution in [3.63, 3.8) is 0 Å². The summed E-state index contributed by atoms with van der Waals surface area (Å²) in [6.07, 6.45) is 6.24. The van der Waals surface area contributed by atoms with Crippen LogP contribution in [-0.2, 0) is 23.9 Å². The zero-order chi connectivity index (χ0) is 31.6. The molecule has 8 heteroatoms. The number of benzene rings is 2. The molecule has 2 bridgehead atoms. The van der Waals surface area contributed by atoms with E-state index in [1.54, 1.807) is 17.1 Å². The molecule has 1 N–H and O–H groups in total. The van der Waals surface area contributed by atoms with Gasteiger partial charge >= 0.3 is 5.97 Å². The standard InChI is InChI=1S/C36H44N2O6/c1-6-9-13-21-43-34(42)30-29-32(40)38(28(23-39)26-14-11-10-12-15-26)31(36(29)19-18-35(30,8-3)44-36)33(41)37(20-7-2)27-22-24(4)16-17-25(27)5/h6-7,10-12,14-17,22,28-31,39H,1-2,8-9,13,18-21,23H2,3-5H3/t28-,29+,30+,31?,35-,36?/m1/s1. The smallest absolute Gasteiger partial charge is 0.312 e. The molecule has 0 aliphatic carbocycles. The lowest BCUT2D eigenvalue weighted by Gasteiger charge is -2.40. The quantitative estimate of drug-likeness (QED) is 0.192. The average Bonchev–Trinajstić information content (AvgIpc) is 3.64. The van der Waals surface area contributed by atoms with Gasteiger partial charge in [0.15, 0.2) is 0 Å². The monoisotopic (exact) mass is 600 g/mol. The summed E-state index contributed by atoms with van der Waals surface area (Å²) in [7, 11) is 0. The Balaban J connectivity index is 1.65. The number of likely N-dealkylation sites (tertiary alicyclic amines) is 1. The Bertz CT molecular complexity index is 1420. The molecule has 3 fully saturated rings. The third-order valence-corrected chi connectivity index (χ3v) is 9.83. The lowest BCUT2D eigenvalue weighted by atomic mass is 9.65. The van der Waals surface area contributed by atoms with Crippen LogP contribution in [0.25, 0.3) is 0 Å². The fraction of sp³-hybridized carbons (Fsp3) is 0.472. The highest BCUT2D eigenvalue weighted by molar-refractivity contribution is 6.05. The SMILES string of the molecule is C=CCCCOC(=O)[C@@H]1[C@H]2C(=O)N([C@H](CO)c3ccccc3)C(C(=O)N(CC=C)c3cc(C)ccc3C)C23CC[C@@]1(CC)O3. The van der Waals surface area contributed by atoms with Crippen molar-refractivity contribution < 1.29 is 29.0 Å². The zero-order valence-electron chi connectivity index (χ0n) is 26.0. The minimum absolute atomic E-state index is 0.212. The highest BCUT2D eigenvalue weighted by Crippen LogP contribution is 2.65. The summed E-state index contributed by atoms with van der Waals surface area (Å²) in [4.78, 5) is 46.8. The Morgan fingerprint density at radius 2 is 1.91 bits per heavy atom. The lowest BCUT2D eigenvalue weighted by Crippen LogP contribution is -2.57. The highest BCUT2D eigenvalue weighted by atomic mass is 16.6. The van der Waals surface area contributed by atoms with Gasteiger partial charge in [0.1, 0.15) is 17.6 Å². The molecular weight excluding hydrogens is 556 g/mol. The third-order valence-electron chi connectivity index (χ3n) is 9.83. The number of hydrogen-bond acceptors (Lipinski definition) is 6. The van der Waals surface area contributed by atoms with Crippen LogP contribution in [0.5, 0.6) is 0 Å². The number of hydrogen-bond donors (Lipinski definition) is 1.